The average Bonchev–Trinajstić information content (AvgIpc) is 2.86. The van der Waals surface area contributed by atoms with E-state index < -0.39 is 9.84 Å². The van der Waals surface area contributed by atoms with E-state index in [1.165, 1.54) is 12.7 Å². The molecule has 8 heteroatoms. The van der Waals surface area contributed by atoms with Crippen molar-refractivity contribution in [2.75, 3.05) is 38.7 Å². The third-order valence-electron chi connectivity index (χ3n) is 7.24. The molecule has 0 saturated carbocycles. The third-order valence-corrected chi connectivity index (χ3v) is 8.07. The number of fused-ring (bicyclic) bond motifs is 2. The van der Waals surface area contributed by atoms with Crippen LogP contribution < -0.4 is 10.9 Å². The van der Waals surface area contributed by atoms with Crippen LogP contribution in [0.1, 0.15) is 36.8 Å². The molecule has 2 unspecified atom stereocenters. The molecule has 1 aromatic rings. The van der Waals surface area contributed by atoms with Crippen LogP contribution >= 0.6 is 0 Å². The molecule has 4 aliphatic rings. The van der Waals surface area contributed by atoms with Gasteiger partial charge in [0.2, 0.25) is 0 Å². The van der Waals surface area contributed by atoms with Gasteiger partial charge in [-0.05, 0) is 74.7 Å². The number of allylic oxidation sites excluding steroid dienone is 1. The monoisotopic (exact) mass is 456 g/mol. The minimum atomic E-state index is -3.26. The second-order valence-electron chi connectivity index (χ2n) is 9.70. The van der Waals surface area contributed by atoms with Gasteiger partial charge in [0, 0.05) is 43.9 Å². The standard InChI is InChI=1S/C24H32N4O3S/c1-26-10-4-5-18(7-11-26)28-14-16-13-17(15-32(3,30)31)19-8-12-27(2)24(29)22(19)23-21(16)20(28)6-9-25-23/h8,12-14,18,20,25H,4-7,9-11,15H2,1-3H3. The van der Waals surface area contributed by atoms with Gasteiger partial charge >= 0.3 is 0 Å². The van der Waals surface area contributed by atoms with Crippen LogP contribution in [0.3, 0.4) is 0 Å². The van der Waals surface area contributed by atoms with E-state index in [-0.39, 0.29) is 17.4 Å². The first-order valence-electron chi connectivity index (χ1n) is 11.5. The number of pyridine rings is 1. The summed E-state index contributed by atoms with van der Waals surface area (Å²) in [4.78, 5) is 18.2. The molecule has 0 amide bonds. The zero-order chi connectivity index (χ0) is 22.6. The van der Waals surface area contributed by atoms with E-state index in [2.05, 4.69) is 28.4 Å². The highest BCUT2D eigenvalue weighted by atomic mass is 32.2. The molecule has 4 heterocycles. The number of aromatic nitrogens is 1. The molecule has 0 aromatic carbocycles. The summed E-state index contributed by atoms with van der Waals surface area (Å²) in [6.45, 7) is 3.01. The Hall–Kier alpha value is -2.32. The molecule has 172 valence electrons. The van der Waals surface area contributed by atoms with E-state index in [0.717, 1.165) is 61.3 Å². The fourth-order valence-corrected chi connectivity index (χ4v) is 6.52. The van der Waals surface area contributed by atoms with Gasteiger partial charge in [-0.25, -0.2) is 8.42 Å². The van der Waals surface area contributed by atoms with Crippen LogP contribution in [0, 0.1) is 0 Å². The van der Waals surface area contributed by atoms with Crippen molar-refractivity contribution in [3.8, 4) is 0 Å². The molecule has 1 aromatic heterocycles. The van der Waals surface area contributed by atoms with Gasteiger partial charge in [-0.15, -0.1) is 0 Å². The minimum absolute atomic E-state index is 0.0794. The van der Waals surface area contributed by atoms with Gasteiger partial charge in [0.15, 0.2) is 9.84 Å². The molecule has 5 rings (SSSR count). The molecule has 32 heavy (non-hydrogen) atoms. The van der Waals surface area contributed by atoms with E-state index in [1.807, 2.05) is 12.1 Å². The maximum Gasteiger partial charge on any atom is 0.260 e. The Morgan fingerprint density at radius 1 is 1.16 bits per heavy atom. The Labute approximate surface area is 190 Å². The number of aryl methyl sites for hydroxylation is 1. The lowest BCUT2D eigenvalue weighted by Gasteiger charge is -2.37. The molecule has 1 saturated heterocycles. The lowest BCUT2D eigenvalue weighted by Crippen LogP contribution is -2.43. The molecule has 0 spiro atoms. The van der Waals surface area contributed by atoms with Gasteiger partial charge < -0.3 is 19.7 Å². The van der Waals surface area contributed by atoms with Gasteiger partial charge in [0.25, 0.3) is 5.56 Å². The van der Waals surface area contributed by atoms with Gasteiger partial charge in [0.1, 0.15) is 0 Å². The summed E-state index contributed by atoms with van der Waals surface area (Å²) in [6.07, 6.45) is 11.7. The second kappa shape index (κ2) is 7.92. The Bertz CT molecular complexity index is 1210. The van der Waals surface area contributed by atoms with E-state index in [0.29, 0.717) is 17.2 Å². The van der Waals surface area contributed by atoms with Crippen molar-refractivity contribution < 1.29 is 8.42 Å². The smallest absolute Gasteiger partial charge is 0.260 e. The first kappa shape index (κ1) is 21.5. The Morgan fingerprint density at radius 3 is 2.75 bits per heavy atom. The highest BCUT2D eigenvalue weighted by Crippen LogP contribution is 2.44. The van der Waals surface area contributed by atoms with Crippen molar-refractivity contribution >= 4 is 21.1 Å². The van der Waals surface area contributed by atoms with Crippen molar-refractivity contribution in [1.29, 1.82) is 0 Å². The molecule has 1 aliphatic carbocycles. The molecular formula is C24H32N4O3S. The Kier molecular flexibility index (Phi) is 5.33. The molecule has 0 bridgehead atoms. The largest absolute Gasteiger partial charge is 0.384 e. The number of nitrogens with zero attached hydrogens (tertiary/aromatic N) is 3. The molecule has 1 N–H and O–H groups in total. The topological polar surface area (TPSA) is 74.7 Å². The predicted octanol–water partition coefficient (Wildman–Crippen LogP) is 1.58. The molecule has 2 atom stereocenters. The van der Waals surface area contributed by atoms with Crippen LogP contribution in [-0.4, -0.2) is 73.6 Å². The zero-order valence-electron chi connectivity index (χ0n) is 19.1. The van der Waals surface area contributed by atoms with Crippen LogP contribution in [0.5, 0.6) is 0 Å². The fraction of sp³-hybridized carbons (Fsp3) is 0.542. The van der Waals surface area contributed by atoms with E-state index >= 15 is 0 Å². The first-order chi connectivity index (χ1) is 15.2. The van der Waals surface area contributed by atoms with Crippen LogP contribution in [0.15, 0.2) is 40.5 Å². The minimum Gasteiger partial charge on any atom is -0.384 e. The second-order valence-corrected chi connectivity index (χ2v) is 11.8. The zero-order valence-corrected chi connectivity index (χ0v) is 19.9. The Morgan fingerprint density at radius 2 is 1.97 bits per heavy atom. The van der Waals surface area contributed by atoms with Gasteiger partial charge in [0.05, 0.1) is 23.1 Å². The highest BCUT2D eigenvalue weighted by molar-refractivity contribution is 7.91. The first-order valence-corrected chi connectivity index (χ1v) is 13.5. The summed E-state index contributed by atoms with van der Waals surface area (Å²) >= 11 is 0. The average molecular weight is 457 g/mol. The number of sulfone groups is 1. The molecule has 1 fully saturated rings. The number of nitrogens with one attached hydrogen (secondary N) is 1. The van der Waals surface area contributed by atoms with Gasteiger partial charge in [-0.3, -0.25) is 4.79 Å². The van der Waals surface area contributed by atoms with Crippen molar-refractivity contribution in [1.82, 2.24) is 19.7 Å². The lowest BCUT2D eigenvalue weighted by molar-refractivity contribution is 0.209. The van der Waals surface area contributed by atoms with E-state index in [1.54, 1.807) is 17.8 Å². The number of likely N-dealkylation sites (tertiary alicyclic amines) is 1. The summed E-state index contributed by atoms with van der Waals surface area (Å²) in [5, 5.41) is 3.52. The quantitative estimate of drug-likeness (QED) is 0.745. The summed E-state index contributed by atoms with van der Waals surface area (Å²) in [7, 11) is 0.672. The normalized spacial score (nSPS) is 25.9. The van der Waals surface area contributed by atoms with E-state index in [9.17, 15) is 13.2 Å². The fourth-order valence-electron chi connectivity index (χ4n) is 5.72. The molecule has 3 aliphatic heterocycles. The maximum atomic E-state index is 13.3. The SMILES string of the molecule is CN1CCCC(N2C=C3C=C(CS(C)(=O)=O)c4ccn(C)c(=O)c4C4=C3C2CCN4)CC1. The van der Waals surface area contributed by atoms with Crippen LogP contribution in [0.2, 0.25) is 0 Å². The third kappa shape index (κ3) is 3.73. The number of rotatable bonds is 3. The number of hydrogen-bond acceptors (Lipinski definition) is 6. The van der Waals surface area contributed by atoms with Crippen molar-refractivity contribution in [2.45, 2.75) is 37.8 Å². The highest BCUT2D eigenvalue weighted by Gasteiger charge is 2.40. The lowest BCUT2D eigenvalue weighted by atomic mass is 9.91. The summed E-state index contributed by atoms with van der Waals surface area (Å²) in [6, 6.07) is 2.56. The molecule has 7 nitrogen and oxygen atoms in total. The Balaban J connectivity index is 1.68. The molecular weight excluding hydrogens is 424 g/mol. The van der Waals surface area contributed by atoms with Gasteiger partial charge in [-0.2, -0.15) is 0 Å². The van der Waals surface area contributed by atoms with Crippen LogP contribution in [0.4, 0.5) is 0 Å². The predicted molar refractivity (Wildman–Crippen MR) is 128 cm³/mol. The summed E-state index contributed by atoms with van der Waals surface area (Å²) in [5.74, 6) is -0.0794. The van der Waals surface area contributed by atoms with Crippen LogP contribution in [-0.2, 0) is 16.9 Å². The van der Waals surface area contributed by atoms with Crippen molar-refractivity contribution in [3.05, 3.63) is 57.2 Å². The summed E-state index contributed by atoms with van der Waals surface area (Å²) in [5.41, 5.74) is 5.03. The molecule has 0 radical (unpaired) electrons. The maximum absolute atomic E-state index is 13.3. The number of hydrogen-bond donors (Lipinski definition) is 1. The van der Waals surface area contributed by atoms with E-state index in [4.69, 9.17) is 0 Å². The van der Waals surface area contributed by atoms with Gasteiger partial charge in [-0.1, -0.05) is 0 Å². The van der Waals surface area contributed by atoms with Crippen molar-refractivity contribution in [3.63, 3.8) is 0 Å². The van der Waals surface area contributed by atoms with Crippen LogP contribution in [0.25, 0.3) is 11.3 Å². The van der Waals surface area contributed by atoms with Crippen molar-refractivity contribution in [2.24, 2.45) is 7.05 Å². The summed E-state index contributed by atoms with van der Waals surface area (Å²) < 4.78 is 26.2.